The van der Waals surface area contributed by atoms with Crippen molar-refractivity contribution in [2.24, 2.45) is 0 Å². The predicted molar refractivity (Wildman–Crippen MR) is 56.4 cm³/mol. The molecule has 74 valence electrons. The molecule has 1 heterocycles. The fourth-order valence-corrected chi connectivity index (χ4v) is 1.03. The summed E-state index contributed by atoms with van der Waals surface area (Å²) in [5.41, 5.74) is 0.610. The third-order valence-electron chi connectivity index (χ3n) is 1.58. The maximum absolute atomic E-state index is 11.4. The molecule has 0 saturated carbocycles. The number of allylic oxidation sites excluding steroid dienone is 1. The number of nitrogens with one attached hydrogen (secondary N) is 1. The standard InChI is InChI=1S/C10H11ClN2O/c11-5-1-2-6-13-10(14)9-3-7-12-8-4-9/h1-4,7-8H,5-6H2,(H,13,14)/b2-1+. The van der Waals surface area contributed by atoms with Gasteiger partial charge in [-0.2, -0.15) is 0 Å². The highest BCUT2D eigenvalue weighted by molar-refractivity contribution is 6.18. The number of aromatic nitrogens is 1. The summed E-state index contributed by atoms with van der Waals surface area (Å²) in [7, 11) is 0. The Morgan fingerprint density at radius 2 is 2.14 bits per heavy atom. The summed E-state index contributed by atoms with van der Waals surface area (Å²) < 4.78 is 0. The van der Waals surface area contributed by atoms with E-state index in [9.17, 15) is 4.79 Å². The van der Waals surface area contributed by atoms with Crippen LogP contribution in [0.1, 0.15) is 10.4 Å². The van der Waals surface area contributed by atoms with Gasteiger partial charge in [0.25, 0.3) is 5.91 Å². The highest BCUT2D eigenvalue weighted by atomic mass is 35.5. The molecule has 0 aromatic carbocycles. The molecule has 0 saturated heterocycles. The van der Waals surface area contributed by atoms with Gasteiger partial charge < -0.3 is 5.32 Å². The van der Waals surface area contributed by atoms with Crippen LogP contribution in [0.4, 0.5) is 0 Å². The SMILES string of the molecule is O=C(NC/C=C/CCl)c1ccncc1. The number of nitrogens with zero attached hydrogens (tertiary/aromatic N) is 1. The van der Waals surface area contributed by atoms with E-state index in [1.807, 2.05) is 6.08 Å². The Hall–Kier alpha value is -1.35. The van der Waals surface area contributed by atoms with Gasteiger partial charge >= 0.3 is 0 Å². The van der Waals surface area contributed by atoms with E-state index in [-0.39, 0.29) is 5.91 Å². The number of alkyl halides is 1. The minimum Gasteiger partial charge on any atom is -0.349 e. The van der Waals surface area contributed by atoms with Crippen LogP contribution < -0.4 is 5.32 Å². The van der Waals surface area contributed by atoms with Crippen LogP contribution >= 0.6 is 11.6 Å². The molecule has 0 bridgehead atoms. The Labute approximate surface area is 87.8 Å². The Morgan fingerprint density at radius 1 is 1.43 bits per heavy atom. The second kappa shape index (κ2) is 6.16. The second-order valence-electron chi connectivity index (χ2n) is 2.57. The van der Waals surface area contributed by atoms with E-state index in [0.717, 1.165) is 0 Å². The fraction of sp³-hybridized carbons (Fsp3) is 0.200. The van der Waals surface area contributed by atoms with E-state index in [4.69, 9.17) is 11.6 Å². The Kier molecular flexibility index (Phi) is 4.72. The zero-order valence-electron chi connectivity index (χ0n) is 7.61. The summed E-state index contributed by atoms with van der Waals surface area (Å²) in [6, 6.07) is 3.33. The Balaban J connectivity index is 2.40. The van der Waals surface area contributed by atoms with Gasteiger partial charge in [0.1, 0.15) is 0 Å². The van der Waals surface area contributed by atoms with Gasteiger partial charge in [0.15, 0.2) is 0 Å². The van der Waals surface area contributed by atoms with Crippen LogP contribution in [0, 0.1) is 0 Å². The smallest absolute Gasteiger partial charge is 0.251 e. The molecule has 1 amide bonds. The summed E-state index contributed by atoms with van der Waals surface area (Å²) in [6.45, 7) is 0.494. The molecular formula is C10H11ClN2O. The van der Waals surface area contributed by atoms with E-state index < -0.39 is 0 Å². The number of halogens is 1. The molecule has 0 atom stereocenters. The average Bonchev–Trinajstić information content (AvgIpc) is 2.25. The van der Waals surface area contributed by atoms with E-state index in [0.29, 0.717) is 18.0 Å². The number of hydrogen-bond donors (Lipinski definition) is 1. The molecule has 0 aliphatic carbocycles. The highest BCUT2D eigenvalue weighted by Gasteiger charge is 2.01. The molecule has 1 aromatic rings. The zero-order chi connectivity index (χ0) is 10.2. The van der Waals surface area contributed by atoms with Crippen molar-refractivity contribution in [1.82, 2.24) is 10.3 Å². The topological polar surface area (TPSA) is 42.0 Å². The summed E-state index contributed by atoms with van der Waals surface area (Å²) in [5.74, 6) is 0.358. The summed E-state index contributed by atoms with van der Waals surface area (Å²) in [6.07, 6.45) is 6.77. The maximum atomic E-state index is 11.4. The quantitative estimate of drug-likeness (QED) is 0.606. The Bertz CT molecular complexity index is 311. The third-order valence-corrected chi connectivity index (χ3v) is 1.76. The van der Waals surface area contributed by atoms with Crippen LogP contribution in [0.25, 0.3) is 0 Å². The van der Waals surface area contributed by atoms with Gasteiger partial charge in [0, 0.05) is 30.4 Å². The molecule has 0 aliphatic rings. The van der Waals surface area contributed by atoms with E-state index >= 15 is 0 Å². The first-order chi connectivity index (χ1) is 6.84. The molecule has 1 rings (SSSR count). The van der Waals surface area contributed by atoms with E-state index in [1.54, 1.807) is 30.6 Å². The molecule has 0 fully saturated rings. The van der Waals surface area contributed by atoms with Gasteiger partial charge in [-0.3, -0.25) is 9.78 Å². The number of carbonyl (C=O) groups is 1. The minimum absolute atomic E-state index is 0.105. The number of rotatable bonds is 4. The lowest BCUT2D eigenvalue weighted by atomic mass is 10.2. The van der Waals surface area contributed by atoms with Crippen LogP contribution in [0.2, 0.25) is 0 Å². The maximum Gasteiger partial charge on any atom is 0.251 e. The lowest BCUT2D eigenvalue weighted by molar-refractivity contribution is 0.0958. The molecule has 4 heteroatoms. The van der Waals surface area contributed by atoms with Gasteiger partial charge in [-0.05, 0) is 12.1 Å². The van der Waals surface area contributed by atoms with Crippen molar-refractivity contribution in [3.63, 3.8) is 0 Å². The molecule has 0 radical (unpaired) electrons. The van der Waals surface area contributed by atoms with Crippen LogP contribution in [0.3, 0.4) is 0 Å². The van der Waals surface area contributed by atoms with Crippen LogP contribution in [0.5, 0.6) is 0 Å². The Morgan fingerprint density at radius 3 is 2.79 bits per heavy atom. The lowest BCUT2D eigenvalue weighted by Gasteiger charge is -2.00. The van der Waals surface area contributed by atoms with Crippen molar-refractivity contribution < 1.29 is 4.79 Å². The predicted octanol–water partition coefficient (Wildman–Crippen LogP) is 1.61. The first kappa shape index (κ1) is 10.7. The molecule has 0 aliphatic heterocycles. The number of carbonyl (C=O) groups excluding carboxylic acids is 1. The van der Waals surface area contributed by atoms with Gasteiger partial charge in [0.2, 0.25) is 0 Å². The van der Waals surface area contributed by atoms with Crippen LogP contribution in [0.15, 0.2) is 36.7 Å². The first-order valence-electron chi connectivity index (χ1n) is 4.24. The van der Waals surface area contributed by atoms with Crippen molar-refractivity contribution in [2.45, 2.75) is 0 Å². The molecule has 3 nitrogen and oxygen atoms in total. The number of hydrogen-bond acceptors (Lipinski definition) is 2. The highest BCUT2D eigenvalue weighted by Crippen LogP contribution is 1.94. The molecule has 1 N–H and O–H groups in total. The van der Waals surface area contributed by atoms with E-state index in [2.05, 4.69) is 10.3 Å². The number of pyridine rings is 1. The van der Waals surface area contributed by atoms with Gasteiger partial charge in [-0.15, -0.1) is 11.6 Å². The van der Waals surface area contributed by atoms with Crippen LogP contribution in [-0.4, -0.2) is 23.3 Å². The zero-order valence-corrected chi connectivity index (χ0v) is 8.37. The monoisotopic (exact) mass is 210 g/mol. The minimum atomic E-state index is -0.105. The molecule has 14 heavy (non-hydrogen) atoms. The summed E-state index contributed by atoms with van der Waals surface area (Å²) in [5, 5.41) is 2.72. The average molecular weight is 211 g/mol. The summed E-state index contributed by atoms with van der Waals surface area (Å²) >= 11 is 5.43. The lowest BCUT2D eigenvalue weighted by Crippen LogP contribution is -2.23. The van der Waals surface area contributed by atoms with E-state index in [1.165, 1.54) is 0 Å². The first-order valence-corrected chi connectivity index (χ1v) is 4.77. The van der Waals surface area contributed by atoms with Crippen molar-refractivity contribution in [2.75, 3.05) is 12.4 Å². The summed E-state index contributed by atoms with van der Waals surface area (Å²) in [4.78, 5) is 15.2. The molecule has 0 spiro atoms. The van der Waals surface area contributed by atoms with Crippen molar-refractivity contribution in [3.8, 4) is 0 Å². The van der Waals surface area contributed by atoms with Crippen molar-refractivity contribution >= 4 is 17.5 Å². The molecule has 1 aromatic heterocycles. The fourth-order valence-electron chi connectivity index (χ4n) is 0.903. The largest absolute Gasteiger partial charge is 0.349 e. The van der Waals surface area contributed by atoms with Gasteiger partial charge in [0.05, 0.1) is 0 Å². The normalized spacial score (nSPS) is 10.4. The van der Waals surface area contributed by atoms with Crippen LogP contribution in [-0.2, 0) is 0 Å². The van der Waals surface area contributed by atoms with Crippen molar-refractivity contribution in [3.05, 3.63) is 42.2 Å². The molecular weight excluding hydrogens is 200 g/mol. The van der Waals surface area contributed by atoms with Gasteiger partial charge in [-0.25, -0.2) is 0 Å². The third kappa shape index (κ3) is 3.58. The van der Waals surface area contributed by atoms with Gasteiger partial charge in [-0.1, -0.05) is 12.2 Å². The second-order valence-corrected chi connectivity index (χ2v) is 2.88. The molecule has 0 unspecified atom stereocenters. The van der Waals surface area contributed by atoms with Crippen molar-refractivity contribution in [1.29, 1.82) is 0 Å². The number of amides is 1.